The van der Waals surface area contributed by atoms with Gasteiger partial charge in [0.1, 0.15) is 11.4 Å². The molecule has 0 aliphatic carbocycles. The standard InChI is InChI=1S/C25H33ClN2O6/c1-5-15-13-28-9-8-24-21-19(31-3)7-6-18(26)22(21)27-25(24,34-11-10-33-24)20(28)12-16(15)17(14-30-2)23(29)32-4/h6-7,14-16,20,27H,5,8-13H2,1-4H3/b17-14+/t15-,16+,20+,24+,25+/m1/s1. The molecule has 1 N–H and O–H groups in total. The van der Waals surface area contributed by atoms with Crippen molar-refractivity contribution in [1.82, 2.24) is 4.90 Å². The molecule has 1 aromatic carbocycles. The van der Waals surface area contributed by atoms with Crippen molar-refractivity contribution in [2.45, 2.75) is 43.6 Å². The molecule has 0 aromatic heterocycles. The molecule has 8 nitrogen and oxygen atoms in total. The largest absolute Gasteiger partial charge is 0.504 e. The van der Waals surface area contributed by atoms with Crippen LogP contribution < -0.4 is 10.1 Å². The smallest absolute Gasteiger partial charge is 0.337 e. The van der Waals surface area contributed by atoms with Crippen molar-refractivity contribution in [2.24, 2.45) is 11.8 Å². The molecule has 3 fully saturated rings. The lowest BCUT2D eigenvalue weighted by atomic mass is 9.67. The van der Waals surface area contributed by atoms with E-state index >= 15 is 0 Å². The Balaban J connectivity index is 1.62. The zero-order chi connectivity index (χ0) is 24.1. The summed E-state index contributed by atoms with van der Waals surface area (Å²) in [6, 6.07) is 3.67. The van der Waals surface area contributed by atoms with Crippen LogP contribution in [-0.2, 0) is 29.3 Å². The average Bonchev–Trinajstić information content (AvgIpc) is 3.20. The average molecular weight is 493 g/mol. The van der Waals surface area contributed by atoms with Crippen LogP contribution in [0.5, 0.6) is 5.75 Å². The molecule has 9 heteroatoms. The minimum absolute atomic E-state index is 0.0442. The minimum atomic E-state index is -0.852. The van der Waals surface area contributed by atoms with Crippen LogP contribution in [0.2, 0.25) is 5.02 Å². The van der Waals surface area contributed by atoms with E-state index in [1.165, 1.54) is 13.4 Å². The van der Waals surface area contributed by atoms with Gasteiger partial charge >= 0.3 is 5.97 Å². The quantitative estimate of drug-likeness (QED) is 0.380. The molecule has 4 aliphatic rings. The number of halogens is 1. The topological polar surface area (TPSA) is 78.5 Å². The fourth-order valence-corrected chi connectivity index (χ4v) is 6.95. The first-order valence-corrected chi connectivity index (χ1v) is 12.3. The molecule has 0 unspecified atom stereocenters. The number of benzene rings is 1. The van der Waals surface area contributed by atoms with Crippen LogP contribution in [-0.4, -0.2) is 70.3 Å². The number of hydrogen-bond donors (Lipinski definition) is 1. The van der Waals surface area contributed by atoms with Gasteiger partial charge < -0.3 is 29.0 Å². The van der Waals surface area contributed by atoms with E-state index in [0.717, 1.165) is 42.9 Å². The Bertz CT molecular complexity index is 1000. The second-order valence-corrected chi connectivity index (χ2v) is 9.86. The zero-order valence-corrected chi connectivity index (χ0v) is 20.9. The third-order valence-corrected chi connectivity index (χ3v) is 8.49. The van der Waals surface area contributed by atoms with Gasteiger partial charge in [0.15, 0.2) is 5.72 Å². The number of rotatable bonds is 5. The van der Waals surface area contributed by atoms with E-state index < -0.39 is 11.3 Å². The van der Waals surface area contributed by atoms with Crippen LogP contribution in [0, 0.1) is 11.8 Å². The van der Waals surface area contributed by atoms with Crippen molar-refractivity contribution < 1.29 is 28.5 Å². The van der Waals surface area contributed by atoms with E-state index in [1.54, 1.807) is 14.2 Å². The third-order valence-electron chi connectivity index (χ3n) is 8.18. The second-order valence-electron chi connectivity index (χ2n) is 9.46. The van der Waals surface area contributed by atoms with Gasteiger partial charge in [0.25, 0.3) is 0 Å². The SMILES string of the molecule is CC[C@@H]1CN2CC[C@@]34OCCO[C@@]3(Nc3c(Cl)ccc(OC)c34)[C@@H]2C[C@@H]1/C(=C\OC)C(=O)OC. The van der Waals surface area contributed by atoms with E-state index in [9.17, 15) is 4.79 Å². The van der Waals surface area contributed by atoms with Gasteiger partial charge in [-0.05, 0) is 36.8 Å². The van der Waals surface area contributed by atoms with E-state index in [2.05, 4.69) is 17.1 Å². The maximum atomic E-state index is 12.7. The summed E-state index contributed by atoms with van der Waals surface area (Å²) in [6.07, 6.45) is 3.92. The minimum Gasteiger partial charge on any atom is -0.504 e. The number of methoxy groups -OCH3 is 3. The van der Waals surface area contributed by atoms with Gasteiger partial charge in [0.05, 0.1) is 68.7 Å². The lowest BCUT2D eigenvalue weighted by Crippen LogP contribution is -2.75. The van der Waals surface area contributed by atoms with Gasteiger partial charge in [-0.3, -0.25) is 4.90 Å². The Morgan fingerprint density at radius 1 is 1.29 bits per heavy atom. The highest BCUT2D eigenvalue weighted by molar-refractivity contribution is 6.33. The molecule has 0 bridgehead atoms. The highest BCUT2D eigenvalue weighted by Crippen LogP contribution is 2.62. The molecule has 4 heterocycles. The maximum Gasteiger partial charge on any atom is 0.337 e. The Morgan fingerprint density at radius 2 is 2.09 bits per heavy atom. The lowest BCUT2D eigenvalue weighted by molar-refractivity contribution is -0.297. The van der Waals surface area contributed by atoms with Crippen molar-refractivity contribution in [3.8, 4) is 5.75 Å². The number of nitrogens with one attached hydrogen (secondary N) is 1. The van der Waals surface area contributed by atoms with Gasteiger partial charge in [-0.1, -0.05) is 24.9 Å². The van der Waals surface area contributed by atoms with Crippen LogP contribution in [0.1, 0.15) is 31.7 Å². The Labute approximate surface area is 205 Å². The van der Waals surface area contributed by atoms with Crippen molar-refractivity contribution in [1.29, 1.82) is 0 Å². The summed E-state index contributed by atoms with van der Waals surface area (Å²) >= 11 is 6.69. The summed E-state index contributed by atoms with van der Waals surface area (Å²) in [7, 11) is 4.64. The number of esters is 1. The number of hydrogen-bond acceptors (Lipinski definition) is 8. The van der Waals surface area contributed by atoms with Crippen molar-refractivity contribution in [3.05, 3.63) is 34.6 Å². The summed E-state index contributed by atoms with van der Waals surface area (Å²) in [4.78, 5) is 15.2. The summed E-state index contributed by atoms with van der Waals surface area (Å²) in [5.74, 6) is 0.622. The fraction of sp³-hybridized carbons (Fsp3) is 0.640. The number of fused-ring (bicyclic) bond motifs is 2. The molecule has 0 saturated carbocycles. The summed E-state index contributed by atoms with van der Waals surface area (Å²) < 4.78 is 29.5. The van der Waals surface area contributed by atoms with E-state index in [1.807, 2.05) is 12.1 Å². The number of carbonyl (C=O) groups is 1. The number of nitrogens with zero attached hydrogens (tertiary/aromatic N) is 1. The summed E-state index contributed by atoms with van der Waals surface area (Å²) in [6.45, 7) is 4.81. The van der Waals surface area contributed by atoms with Crippen LogP contribution in [0.4, 0.5) is 5.69 Å². The molecule has 0 amide bonds. The molecule has 0 spiro atoms. The second kappa shape index (κ2) is 8.90. The van der Waals surface area contributed by atoms with Crippen LogP contribution in [0.15, 0.2) is 24.0 Å². The Morgan fingerprint density at radius 3 is 2.79 bits per heavy atom. The van der Waals surface area contributed by atoms with Crippen molar-refractivity contribution in [3.63, 3.8) is 0 Å². The summed E-state index contributed by atoms with van der Waals surface area (Å²) in [5.41, 5.74) is 0.705. The molecule has 4 aliphatic heterocycles. The van der Waals surface area contributed by atoms with Crippen molar-refractivity contribution >= 4 is 23.3 Å². The predicted molar refractivity (Wildman–Crippen MR) is 127 cm³/mol. The van der Waals surface area contributed by atoms with E-state index in [0.29, 0.717) is 30.2 Å². The number of piperidine rings is 2. The fourth-order valence-electron chi connectivity index (χ4n) is 6.74. The van der Waals surface area contributed by atoms with Gasteiger partial charge in [0.2, 0.25) is 0 Å². The zero-order valence-electron chi connectivity index (χ0n) is 20.2. The summed E-state index contributed by atoms with van der Waals surface area (Å²) in [5, 5.41) is 4.29. The molecule has 186 valence electrons. The van der Waals surface area contributed by atoms with E-state index in [4.69, 9.17) is 35.3 Å². The van der Waals surface area contributed by atoms with Gasteiger partial charge in [-0.2, -0.15) is 0 Å². The molecule has 5 rings (SSSR count). The van der Waals surface area contributed by atoms with Gasteiger partial charge in [-0.15, -0.1) is 0 Å². The highest BCUT2D eigenvalue weighted by atomic mass is 35.5. The van der Waals surface area contributed by atoms with Crippen molar-refractivity contribution in [2.75, 3.05) is 52.9 Å². The predicted octanol–water partition coefficient (Wildman–Crippen LogP) is 3.54. The highest BCUT2D eigenvalue weighted by Gasteiger charge is 2.71. The molecule has 34 heavy (non-hydrogen) atoms. The first-order chi connectivity index (χ1) is 16.5. The molecule has 0 radical (unpaired) electrons. The maximum absolute atomic E-state index is 12.7. The lowest BCUT2D eigenvalue weighted by Gasteiger charge is -2.61. The molecule has 3 saturated heterocycles. The van der Waals surface area contributed by atoms with E-state index in [-0.39, 0.29) is 23.8 Å². The molecule has 5 atom stereocenters. The third kappa shape index (κ3) is 3.19. The molecule has 1 aromatic rings. The van der Waals surface area contributed by atoms with Crippen LogP contribution >= 0.6 is 11.6 Å². The number of carbonyl (C=O) groups excluding carboxylic acids is 1. The number of anilines is 1. The first kappa shape index (κ1) is 23.7. The Kier molecular flexibility index (Phi) is 6.21. The van der Waals surface area contributed by atoms with Gasteiger partial charge in [0, 0.05) is 13.1 Å². The Hall–Kier alpha value is -2.00. The first-order valence-electron chi connectivity index (χ1n) is 11.9. The monoisotopic (exact) mass is 492 g/mol. The normalized spacial score (nSPS) is 34.7. The molecular weight excluding hydrogens is 460 g/mol. The van der Waals surface area contributed by atoms with Crippen LogP contribution in [0.3, 0.4) is 0 Å². The van der Waals surface area contributed by atoms with Gasteiger partial charge in [-0.25, -0.2) is 4.79 Å². The molecular formula is C25H33ClN2O6. The van der Waals surface area contributed by atoms with Crippen LogP contribution in [0.25, 0.3) is 0 Å². The number of ether oxygens (including phenoxy) is 5.